The average molecular weight is 268 g/mol. The molecule has 0 unspecified atom stereocenters. The van der Waals surface area contributed by atoms with E-state index in [1.54, 1.807) is 9.38 Å². The summed E-state index contributed by atoms with van der Waals surface area (Å²) in [6.07, 6.45) is 1.27. The lowest BCUT2D eigenvalue weighted by atomic mass is 10.3. The zero-order valence-electron chi connectivity index (χ0n) is 11.5. The fourth-order valence-corrected chi connectivity index (χ4v) is 8.92. The lowest BCUT2D eigenvalue weighted by Crippen LogP contribution is -2.43. The van der Waals surface area contributed by atoms with Gasteiger partial charge in [0, 0.05) is 24.5 Å². The molecule has 0 saturated carbocycles. The first-order chi connectivity index (χ1) is 8.24. The van der Waals surface area contributed by atoms with Gasteiger partial charge in [-0.3, -0.25) is 0 Å². The van der Waals surface area contributed by atoms with E-state index in [4.69, 9.17) is 0 Å². The Morgan fingerprint density at radius 1 is 1.12 bits per heavy atom. The van der Waals surface area contributed by atoms with E-state index < -0.39 is 8.07 Å². The highest BCUT2D eigenvalue weighted by Gasteiger charge is 2.30. The maximum atomic E-state index is 2.52. The highest BCUT2D eigenvalue weighted by atomic mass is 32.1. The van der Waals surface area contributed by atoms with Crippen molar-refractivity contribution in [1.29, 1.82) is 0 Å². The molecule has 0 aliphatic carbocycles. The molecule has 1 saturated heterocycles. The molecule has 1 fully saturated rings. The number of nitrogens with zero attached hydrogens (tertiary/aromatic N) is 1. The third kappa shape index (κ3) is 3.01. The maximum Gasteiger partial charge on any atom is 0.0987 e. The van der Waals surface area contributed by atoms with E-state index in [0.29, 0.717) is 0 Å². The summed E-state index contributed by atoms with van der Waals surface area (Å²) < 4.78 is 1.76. The molecule has 0 radical (unpaired) electrons. The van der Waals surface area contributed by atoms with Crippen molar-refractivity contribution in [3.05, 3.63) is 17.0 Å². The summed E-state index contributed by atoms with van der Waals surface area (Å²) in [6, 6.07) is 9.07. The summed E-state index contributed by atoms with van der Waals surface area (Å²) in [5, 5.41) is 0. The summed E-state index contributed by atoms with van der Waals surface area (Å²) >= 11 is 2.12. The number of thiophene rings is 1. The Hall–Kier alpha value is -0.123. The SMILES string of the molecule is CC[Si](CC)(CC)c1ccc(CCN2CC2)s1. The summed E-state index contributed by atoms with van der Waals surface area (Å²) in [6.45, 7) is 11.1. The van der Waals surface area contributed by atoms with Crippen molar-refractivity contribution in [2.75, 3.05) is 19.6 Å². The number of hydrogen-bond acceptors (Lipinski definition) is 2. The fourth-order valence-electron chi connectivity index (χ4n) is 2.63. The van der Waals surface area contributed by atoms with Crippen LogP contribution in [-0.4, -0.2) is 32.6 Å². The molecule has 96 valence electrons. The molecule has 1 aromatic rings. The second kappa shape index (κ2) is 5.68. The van der Waals surface area contributed by atoms with Gasteiger partial charge in [0.2, 0.25) is 0 Å². The van der Waals surface area contributed by atoms with E-state index in [2.05, 4.69) is 49.1 Å². The van der Waals surface area contributed by atoms with Gasteiger partial charge in [-0.2, -0.15) is 11.3 Å². The molecule has 3 heteroatoms. The summed E-state index contributed by atoms with van der Waals surface area (Å²) in [7, 11) is -1.11. The van der Waals surface area contributed by atoms with Crippen molar-refractivity contribution < 1.29 is 0 Å². The van der Waals surface area contributed by atoms with Gasteiger partial charge in [-0.25, -0.2) is 0 Å². The molecule has 2 heterocycles. The first-order valence-corrected chi connectivity index (χ1v) is 10.5. The molecule has 0 spiro atoms. The van der Waals surface area contributed by atoms with Gasteiger partial charge in [0.15, 0.2) is 0 Å². The van der Waals surface area contributed by atoms with E-state index >= 15 is 0 Å². The van der Waals surface area contributed by atoms with Crippen LogP contribution >= 0.6 is 11.3 Å². The topological polar surface area (TPSA) is 3.01 Å². The molecule has 2 rings (SSSR count). The second-order valence-electron chi connectivity index (χ2n) is 5.20. The van der Waals surface area contributed by atoms with E-state index in [9.17, 15) is 0 Å². The lowest BCUT2D eigenvalue weighted by molar-refractivity contribution is 0.563. The quantitative estimate of drug-likeness (QED) is 0.541. The Kier molecular flexibility index (Phi) is 4.45. The van der Waals surface area contributed by atoms with Crippen LogP contribution in [0.3, 0.4) is 0 Å². The van der Waals surface area contributed by atoms with Crippen LogP contribution in [0.4, 0.5) is 0 Å². The monoisotopic (exact) mass is 267 g/mol. The van der Waals surface area contributed by atoms with Crippen molar-refractivity contribution in [3.8, 4) is 0 Å². The molecule has 1 nitrogen and oxygen atoms in total. The van der Waals surface area contributed by atoms with E-state index in [1.807, 2.05) is 0 Å². The van der Waals surface area contributed by atoms with Crippen LogP contribution in [0.5, 0.6) is 0 Å². The van der Waals surface area contributed by atoms with Crippen molar-refractivity contribution >= 4 is 23.9 Å². The summed E-state index contributed by atoms with van der Waals surface area (Å²) in [4.78, 5) is 4.13. The molecule has 0 aromatic carbocycles. The third-order valence-electron chi connectivity index (χ3n) is 4.43. The molecular weight excluding hydrogens is 242 g/mol. The van der Waals surface area contributed by atoms with Crippen LogP contribution in [-0.2, 0) is 6.42 Å². The molecule has 1 aromatic heterocycles. The molecule has 0 atom stereocenters. The van der Waals surface area contributed by atoms with Crippen molar-refractivity contribution in [2.45, 2.75) is 45.3 Å². The van der Waals surface area contributed by atoms with Gasteiger partial charge in [0.25, 0.3) is 0 Å². The largest absolute Gasteiger partial charge is 0.300 e. The molecule has 17 heavy (non-hydrogen) atoms. The standard InChI is InChI=1S/C14H25NSSi/c1-4-17(5-2,6-3)14-8-7-13(16-14)9-10-15-11-12-15/h7-8H,4-6,9-12H2,1-3H3. The van der Waals surface area contributed by atoms with Crippen LogP contribution < -0.4 is 4.50 Å². The Labute approximate surface area is 111 Å². The minimum atomic E-state index is -1.11. The fraction of sp³-hybridized carbons (Fsp3) is 0.714. The Balaban J connectivity index is 2.03. The van der Waals surface area contributed by atoms with Gasteiger partial charge in [0.05, 0.1) is 8.07 Å². The summed E-state index contributed by atoms with van der Waals surface area (Å²) in [5.74, 6) is 0. The van der Waals surface area contributed by atoms with Gasteiger partial charge < -0.3 is 4.90 Å². The van der Waals surface area contributed by atoms with Crippen LogP contribution in [0.25, 0.3) is 0 Å². The van der Waals surface area contributed by atoms with Crippen LogP contribution in [0.1, 0.15) is 25.6 Å². The molecular formula is C14H25NSSi. The number of hydrogen-bond donors (Lipinski definition) is 0. The van der Waals surface area contributed by atoms with Crippen molar-refractivity contribution in [2.24, 2.45) is 0 Å². The normalized spacial score (nSPS) is 16.4. The van der Waals surface area contributed by atoms with Crippen LogP contribution in [0.15, 0.2) is 12.1 Å². The summed E-state index contributed by atoms with van der Waals surface area (Å²) in [5.41, 5.74) is 0. The predicted molar refractivity (Wildman–Crippen MR) is 81.3 cm³/mol. The first-order valence-electron chi connectivity index (χ1n) is 7.05. The highest BCUT2D eigenvalue weighted by molar-refractivity contribution is 7.27. The zero-order chi connectivity index (χ0) is 12.3. The van der Waals surface area contributed by atoms with E-state index in [-0.39, 0.29) is 0 Å². The van der Waals surface area contributed by atoms with Gasteiger partial charge in [0.1, 0.15) is 0 Å². The Morgan fingerprint density at radius 3 is 2.29 bits per heavy atom. The minimum Gasteiger partial charge on any atom is -0.300 e. The first kappa shape index (κ1) is 13.3. The highest BCUT2D eigenvalue weighted by Crippen LogP contribution is 2.24. The second-order valence-corrected chi connectivity index (χ2v) is 11.9. The lowest BCUT2D eigenvalue weighted by Gasteiger charge is -2.26. The van der Waals surface area contributed by atoms with Gasteiger partial charge >= 0.3 is 0 Å². The predicted octanol–water partition coefficient (Wildman–Crippen LogP) is 3.32. The number of rotatable bonds is 7. The van der Waals surface area contributed by atoms with Gasteiger partial charge in [-0.15, -0.1) is 0 Å². The van der Waals surface area contributed by atoms with Gasteiger partial charge in [-0.1, -0.05) is 45.0 Å². The van der Waals surface area contributed by atoms with Crippen LogP contribution in [0.2, 0.25) is 18.1 Å². The third-order valence-corrected chi connectivity index (χ3v) is 12.3. The molecule has 0 N–H and O–H groups in total. The molecule has 1 aliphatic rings. The minimum absolute atomic E-state index is 1.11. The molecule has 0 bridgehead atoms. The van der Waals surface area contributed by atoms with Gasteiger partial charge in [-0.05, 0) is 17.0 Å². The van der Waals surface area contributed by atoms with E-state index in [1.165, 1.54) is 44.2 Å². The van der Waals surface area contributed by atoms with Crippen molar-refractivity contribution in [1.82, 2.24) is 4.90 Å². The smallest absolute Gasteiger partial charge is 0.0987 e. The molecule has 0 amide bonds. The zero-order valence-corrected chi connectivity index (χ0v) is 13.3. The Bertz CT molecular complexity index is 345. The molecule has 1 aliphatic heterocycles. The Morgan fingerprint density at radius 2 is 1.76 bits per heavy atom. The van der Waals surface area contributed by atoms with Crippen LogP contribution in [0, 0.1) is 0 Å². The maximum absolute atomic E-state index is 2.52. The van der Waals surface area contributed by atoms with E-state index in [0.717, 1.165) is 0 Å². The average Bonchev–Trinajstić information content (AvgIpc) is 3.08. The van der Waals surface area contributed by atoms with Crippen molar-refractivity contribution in [3.63, 3.8) is 0 Å².